The first-order valence-electron chi connectivity index (χ1n) is 9.38. The van der Waals surface area contributed by atoms with Crippen molar-refractivity contribution >= 4 is 46.4 Å². The third-order valence-electron chi connectivity index (χ3n) is 5.06. The van der Waals surface area contributed by atoms with E-state index in [1.807, 2.05) is 27.7 Å². The Morgan fingerprint density at radius 2 is 1.96 bits per heavy atom. The highest BCUT2D eigenvalue weighted by Gasteiger charge is 2.25. The Labute approximate surface area is 170 Å². The van der Waals surface area contributed by atoms with E-state index in [4.69, 9.17) is 11.6 Å². The van der Waals surface area contributed by atoms with Gasteiger partial charge in [-0.2, -0.15) is 0 Å². The number of benzene rings is 1. The molecule has 2 heterocycles. The van der Waals surface area contributed by atoms with Gasteiger partial charge in [0, 0.05) is 27.7 Å². The number of carbonyl (C=O) groups excluding carboxylic acids is 2. The van der Waals surface area contributed by atoms with Crippen molar-refractivity contribution in [1.29, 1.82) is 0 Å². The molecule has 7 heteroatoms. The second-order valence-electron chi connectivity index (χ2n) is 6.88. The lowest BCUT2D eigenvalue weighted by molar-refractivity contribution is -0.117. The zero-order chi connectivity index (χ0) is 20.4. The number of aromatic nitrogens is 1. The number of hydrogen-bond acceptors (Lipinski definition) is 3. The number of anilines is 2. The fourth-order valence-electron chi connectivity index (χ4n) is 3.38. The van der Waals surface area contributed by atoms with E-state index < -0.39 is 0 Å². The van der Waals surface area contributed by atoms with Crippen molar-refractivity contribution in [2.45, 2.75) is 27.7 Å². The van der Waals surface area contributed by atoms with Gasteiger partial charge in [-0.25, -0.2) is 0 Å². The molecular formula is C21H25ClN4O2. The summed E-state index contributed by atoms with van der Waals surface area (Å²) < 4.78 is 0. The van der Waals surface area contributed by atoms with E-state index in [1.54, 1.807) is 24.3 Å². The Kier molecular flexibility index (Phi) is 5.91. The fraction of sp³-hybridized carbons (Fsp3) is 0.333. The van der Waals surface area contributed by atoms with Crippen LogP contribution in [0.15, 0.2) is 18.2 Å². The number of aryl methyl sites for hydroxylation is 1. The predicted octanol–water partition coefficient (Wildman–Crippen LogP) is 4.06. The number of carbonyl (C=O) groups is 2. The lowest BCUT2D eigenvalue weighted by Crippen LogP contribution is -2.33. The maximum atomic E-state index is 12.4. The first kappa shape index (κ1) is 20.2. The average Bonchev–Trinajstić information content (AvgIpc) is 3.10. The van der Waals surface area contributed by atoms with Crippen LogP contribution in [-0.4, -0.2) is 41.3 Å². The van der Waals surface area contributed by atoms with Crippen molar-refractivity contribution in [3.63, 3.8) is 0 Å². The number of hydrogen-bond donors (Lipinski definition) is 3. The number of rotatable bonds is 6. The molecule has 148 valence electrons. The number of aromatic amines is 1. The summed E-state index contributed by atoms with van der Waals surface area (Å²) in [5.41, 5.74) is 5.35. The summed E-state index contributed by atoms with van der Waals surface area (Å²) in [6.45, 7) is 9.89. The first-order chi connectivity index (χ1) is 13.3. The summed E-state index contributed by atoms with van der Waals surface area (Å²) in [5.74, 6) is -0.222. The van der Waals surface area contributed by atoms with E-state index in [9.17, 15) is 9.59 Å². The summed E-state index contributed by atoms with van der Waals surface area (Å²) in [4.78, 5) is 30.1. The molecule has 1 aromatic carbocycles. The van der Waals surface area contributed by atoms with Gasteiger partial charge in [0.25, 0.3) is 5.91 Å². The quantitative estimate of drug-likeness (QED) is 0.640. The van der Waals surface area contributed by atoms with Crippen LogP contribution in [0, 0.1) is 13.8 Å². The molecule has 0 radical (unpaired) electrons. The number of nitrogens with zero attached hydrogens (tertiary/aromatic N) is 1. The van der Waals surface area contributed by atoms with Gasteiger partial charge in [0.05, 0.1) is 17.8 Å². The lowest BCUT2D eigenvalue weighted by atomic mass is 10.0. The highest BCUT2D eigenvalue weighted by Crippen LogP contribution is 2.36. The SMILES string of the molecule is CCN(CC)CC(=O)Nc1c(C)[nH]c(/C=C2\C(=O)Nc3ccc(Cl)cc32)c1C. The number of nitrogens with one attached hydrogen (secondary N) is 3. The van der Waals surface area contributed by atoms with Crippen molar-refractivity contribution in [1.82, 2.24) is 9.88 Å². The van der Waals surface area contributed by atoms with Crippen LogP contribution in [0.25, 0.3) is 11.6 Å². The Morgan fingerprint density at radius 1 is 1.25 bits per heavy atom. The molecule has 28 heavy (non-hydrogen) atoms. The summed E-state index contributed by atoms with van der Waals surface area (Å²) in [7, 11) is 0. The van der Waals surface area contributed by atoms with Gasteiger partial charge in [-0.3, -0.25) is 14.5 Å². The van der Waals surface area contributed by atoms with E-state index in [0.29, 0.717) is 17.1 Å². The van der Waals surface area contributed by atoms with Crippen molar-refractivity contribution in [3.05, 3.63) is 45.7 Å². The Morgan fingerprint density at radius 3 is 2.64 bits per heavy atom. The zero-order valence-corrected chi connectivity index (χ0v) is 17.3. The Hall–Kier alpha value is -2.57. The number of H-pyrrole nitrogens is 1. The molecule has 0 saturated heterocycles. The largest absolute Gasteiger partial charge is 0.357 e. The van der Waals surface area contributed by atoms with E-state index in [1.165, 1.54) is 0 Å². The minimum atomic E-state index is -0.170. The smallest absolute Gasteiger partial charge is 0.256 e. The first-order valence-corrected chi connectivity index (χ1v) is 9.76. The molecule has 2 aromatic rings. The van der Waals surface area contributed by atoms with Crippen LogP contribution in [0.4, 0.5) is 11.4 Å². The minimum absolute atomic E-state index is 0.0520. The fourth-order valence-corrected chi connectivity index (χ4v) is 3.56. The third kappa shape index (κ3) is 3.98. The van der Waals surface area contributed by atoms with Gasteiger partial charge in [0.2, 0.25) is 5.91 Å². The zero-order valence-electron chi connectivity index (χ0n) is 16.6. The van der Waals surface area contributed by atoms with Gasteiger partial charge in [-0.05, 0) is 56.8 Å². The van der Waals surface area contributed by atoms with Crippen molar-refractivity contribution in [2.75, 3.05) is 30.3 Å². The second-order valence-corrected chi connectivity index (χ2v) is 7.31. The van der Waals surface area contributed by atoms with Crippen molar-refractivity contribution in [3.8, 4) is 0 Å². The molecule has 0 spiro atoms. The van der Waals surface area contributed by atoms with Crippen LogP contribution in [0.3, 0.4) is 0 Å². The van der Waals surface area contributed by atoms with E-state index in [2.05, 4.69) is 20.5 Å². The van der Waals surface area contributed by atoms with Crippen molar-refractivity contribution in [2.24, 2.45) is 0 Å². The van der Waals surface area contributed by atoms with Crippen LogP contribution in [-0.2, 0) is 9.59 Å². The molecule has 3 N–H and O–H groups in total. The molecule has 0 saturated carbocycles. The van der Waals surface area contributed by atoms with Gasteiger partial charge in [0.1, 0.15) is 0 Å². The van der Waals surface area contributed by atoms with E-state index >= 15 is 0 Å². The second kappa shape index (κ2) is 8.20. The van der Waals surface area contributed by atoms with Crippen LogP contribution in [0.1, 0.15) is 36.4 Å². The van der Waals surface area contributed by atoms with Crippen LogP contribution in [0.5, 0.6) is 0 Å². The Bertz CT molecular complexity index is 958. The molecule has 1 aliphatic heterocycles. The monoisotopic (exact) mass is 400 g/mol. The highest BCUT2D eigenvalue weighted by molar-refractivity contribution is 6.36. The highest BCUT2D eigenvalue weighted by atomic mass is 35.5. The van der Waals surface area contributed by atoms with Gasteiger partial charge in [0.15, 0.2) is 0 Å². The molecule has 2 amide bonds. The van der Waals surface area contributed by atoms with Crippen LogP contribution >= 0.6 is 11.6 Å². The normalized spacial score (nSPS) is 14.5. The maximum absolute atomic E-state index is 12.4. The molecule has 3 rings (SSSR count). The lowest BCUT2D eigenvalue weighted by Gasteiger charge is -2.17. The molecule has 0 atom stereocenters. The number of likely N-dealkylation sites (N-methyl/N-ethyl adjacent to an activating group) is 1. The minimum Gasteiger partial charge on any atom is -0.357 e. The van der Waals surface area contributed by atoms with Crippen molar-refractivity contribution < 1.29 is 9.59 Å². The maximum Gasteiger partial charge on any atom is 0.256 e. The van der Waals surface area contributed by atoms with Gasteiger partial charge in [-0.15, -0.1) is 0 Å². The predicted molar refractivity (Wildman–Crippen MR) is 115 cm³/mol. The third-order valence-corrected chi connectivity index (χ3v) is 5.29. The van der Waals surface area contributed by atoms with E-state index in [0.717, 1.165) is 47.0 Å². The van der Waals surface area contributed by atoms with Gasteiger partial charge >= 0.3 is 0 Å². The van der Waals surface area contributed by atoms with Crippen LogP contribution in [0.2, 0.25) is 5.02 Å². The molecule has 1 aliphatic rings. The van der Waals surface area contributed by atoms with Crippen LogP contribution < -0.4 is 10.6 Å². The topological polar surface area (TPSA) is 77.2 Å². The van der Waals surface area contributed by atoms with E-state index in [-0.39, 0.29) is 11.8 Å². The summed E-state index contributed by atoms with van der Waals surface area (Å²) in [5, 5.41) is 6.42. The summed E-state index contributed by atoms with van der Waals surface area (Å²) >= 11 is 6.10. The number of halogens is 1. The molecule has 0 bridgehead atoms. The van der Waals surface area contributed by atoms with Gasteiger partial charge in [-0.1, -0.05) is 25.4 Å². The van der Waals surface area contributed by atoms with Gasteiger partial charge < -0.3 is 15.6 Å². The molecule has 6 nitrogen and oxygen atoms in total. The molecule has 1 aromatic heterocycles. The number of fused-ring (bicyclic) bond motifs is 1. The number of amides is 2. The summed E-state index contributed by atoms with van der Waals surface area (Å²) in [6, 6.07) is 5.32. The molecule has 0 aliphatic carbocycles. The molecule has 0 unspecified atom stereocenters. The standard InChI is InChI=1S/C21H25ClN4O2/c1-5-26(6-2)11-19(27)25-20-12(3)18(23-13(20)4)10-16-15-9-14(22)7-8-17(15)24-21(16)28/h7-10,23H,5-6,11H2,1-4H3,(H,24,28)(H,25,27)/b16-10-. The average molecular weight is 401 g/mol. The molecule has 0 fully saturated rings. The Balaban J connectivity index is 1.89. The summed E-state index contributed by atoms with van der Waals surface area (Å²) in [6.07, 6.45) is 1.81. The molecular weight excluding hydrogens is 376 g/mol.